The molecule has 6 rings (SSSR count). The molecule has 0 bridgehead atoms. The van der Waals surface area contributed by atoms with Crippen LogP contribution >= 0.6 is 0 Å². The van der Waals surface area contributed by atoms with E-state index in [0.29, 0.717) is 26.1 Å². The number of urea groups is 1. The van der Waals surface area contributed by atoms with Gasteiger partial charge in [-0.2, -0.15) is 0 Å². The monoisotopic (exact) mass is 631 g/mol. The zero-order valence-electron chi connectivity index (χ0n) is 26.7. The summed E-state index contributed by atoms with van der Waals surface area (Å²) in [5.41, 5.74) is 4.17. The van der Waals surface area contributed by atoms with Crippen molar-refractivity contribution >= 4 is 17.8 Å². The fraction of sp³-hybridized carbons (Fsp3) is 0.289. The lowest BCUT2D eigenvalue weighted by Gasteiger charge is -2.54. The lowest BCUT2D eigenvalue weighted by molar-refractivity contribution is -0.186. The molecule has 2 heterocycles. The number of piperazine rings is 1. The second-order valence-electron chi connectivity index (χ2n) is 12.1. The van der Waals surface area contributed by atoms with Crippen LogP contribution in [0.2, 0.25) is 0 Å². The summed E-state index contributed by atoms with van der Waals surface area (Å²) in [4.78, 5) is 45.0. The highest BCUT2D eigenvalue weighted by Gasteiger charge is 2.50. The number of fused-ring (bicyclic) bond motifs is 1. The molecule has 2 aliphatic heterocycles. The molecule has 1 N–H and O–H groups in total. The first-order valence-electron chi connectivity index (χ1n) is 16.2. The molecule has 9 nitrogen and oxygen atoms in total. The fourth-order valence-corrected chi connectivity index (χ4v) is 6.37. The largest absolute Gasteiger partial charge is 0.489 e. The highest BCUT2D eigenvalue weighted by Crippen LogP contribution is 2.28. The predicted octanol–water partition coefficient (Wildman–Crippen LogP) is 4.88. The third-order valence-electron chi connectivity index (χ3n) is 8.77. The molecule has 2 unspecified atom stereocenters. The number of nitrogens with zero attached hydrogens (tertiary/aromatic N) is 4. The van der Waals surface area contributed by atoms with Crippen molar-refractivity contribution in [3.63, 3.8) is 0 Å². The van der Waals surface area contributed by atoms with Crippen molar-refractivity contribution in [2.24, 2.45) is 0 Å². The number of ether oxygens (including phenoxy) is 1. The Hall–Kier alpha value is -5.15. The van der Waals surface area contributed by atoms with Gasteiger partial charge in [0.1, 0.15) is 24.6 Å². The predicted molar refractivity (Wildman–Crippen MR) is 180 cm³/mol. The molecule has 0 aliphatic carbocycles. The highest BCUT2D eigenvalue weighted by atomic mass is 16.5. The number of nitrogens with one attached hydrogen (secondary N) is 1. The summed E-state index contributed by atoms with van der Waals surface area (Å²) >= 11 is 0. The molecule has 2 saturated heterocycles. The maximum Gasteiger partial charge on any atom is 0.334 e. The van der Waals surface area contributed by atoms with Gasteiger partial charge in [-0.05, 0) is 47.2 Å². The lowest BCUT2D eigenvalue weighted by atomic mass is 9.98. The van der Waals surface area contributed by atoms with Gasteiger partial charge in [0, 0.05) is 26.6 Å². The Bertz CT molecular complexity index is 1640. The van der Waals surface area contributed by atoms with Crippen molar-refractivity contribution in [1.82, 2.24) is 25.1 Å². The van der Waals surface area contributed by atoms with Gasteiger partial charge in [-0.15, -0.1) is 0 Å². The summed E-state index contributed by atoms with van der Waals surface area (Å²) in [6.45, 7) is 1.58. The van der Waals surface area contributed by atoms with E-state index in [0.717, 1.165) is 35.3 Å². The minimum absolute atomic E-state index is 0.000687. The summed E-state index contributed by atoms with van der Waals surface area (Å²) in [5.74, 6) is 0.459. The van der Waals surface area contributed by atoms with Gasteiger partial charge in [0.05, 0.1) is 13.1 Å². The number of aryl methyl sites for hydroxylation is 1. The Balaban J connectivity index is 1.21. The molecule has 0 saturated carbocycles. The zero-order chi connectivity index (χ0) is 32.6. The van der Waals surface area contributed by atoms with Crippen molar-refractivity contribution in [2.75, 3.05) is 26.7 Å². The molecule has 9 heteroatoms. The smallest absolute Gasteiger partial charge is 0.334 e. The highest BCUT2D eigenvalue weighted by molar-refractivity contribution is 5.91. The summed E-state index contributed by atoms with van der Waals surface area (Å²) < 4.78 is 5.97. The standard InChI is InChI=1S/C38H41N5O4/c1-40-27-36(44)42-34(24-30-19-21-33(22-20-30)47-28-32-16-9-4-10-17-32)37(45)41(23-11-18-29-12-5-2-6-13-29)26-35(42)43(40)38(46)39-25-31-14-7-3-8-15-31/h2-10,12-17,19-22,34-35H,11,18,23-28H2,1H3,(H,39,46). The minimum Gasteiger partial charge on any atom is -0.489 e. The van der Waals surface area contributed by atoms with Gasteiger partial charge in [-0.1, -0.05) is 103 Å². The van der Waals surface area contributed by atoms with Crippen LogP contribution in [0, 0.1) is 0 Å². The maximum atomic E-state index is 14.1. The molecule has 0 radical (unpaired) electrons. The summed E-state index contributed by atoms with van der Waals surface area (Å²) in [6.07, 6.45) is 1.30. The van der Waals surface area contributed by atoms with Crippen LogP contribution < -0.4 is 10.1 Å². The Labute approximate surface area is 276 Å². The van der Waals surface area contributed by atoms with E-state index in [-0.39, 0.29) is 30.9 Å². The third-order valence-corrected chi connectivity index (χ3v) is 8.77. The first kappa shape index (κ1) is 31.8. The average molecular weight is 632 g/mol. The van der Waals surface area contributed by atoms with E-state index >= 15 is 0 Å². The van der Waals surface area contributed by atoms with Crippen LogP contribution in [-0.2, 0) is 35.6 Å². The van der Waals surface area contributed by atoms with E-state index in [1.54, 1.807) is 22.0 Å². The van der Waals surface area contributed by atoms with Crippen molar-refractivity contribution in [1.29, 1.82) is 0 Å². The topological polar surface area (TPSA) is 85.4 Å². The van der Waals surface area contributed by atoms with Crippen molar-refractivity contribution in [3.8, 4) is 5.75 Å². The number of likely N-dealkylation sites (N-methyl/N-ethyl adjacent to an activating group) is 1. The Morgan fingerprint density at radius 1 is 0.787 bits per heavy atom. The number of carbonyl (C=O) groups excluding carboxylic acids is 3. The van der Waals surface area contributed by atoms with E-state index in [1.165, 1.54) is 5.56 Å². The van der Waals surface area contributed by atoms with Crippen LogP contribution in [0.5, 0.6) is 5.75 Å². The molecular formula is C38H41N5O4. The van der Waals surface area contributed by atoms with E-state index in [2.05, 4.69) is 17.4 Å². The van der Waals surface area contributed by atoms with Gasteiger partial charge in [-0.25, -0.2) is 14.8 Å². The van der Waals surface area contributed by atoms with Crippen molar-refractivity contribution < 1.29 is 19.1 Å². The molecule has 0 spiro atoms. The van der Waals surface area contributed by atoms with E-state index in [9.17, 15) is 14.4 Å². The van der Waals surface area contributed by atoms with Gasteiger partial charge in [0.15, 0.2) is 0 Å². The normalized spacial score (nSPS) is 18.2. The summed E-state index contributed by atoms with van der Waals surface area (Å²) in [7, 11) is 1.75. The number of benzene rings is 4. The summed E-state index contributed by atoms with van der Waals surface area (Å²) in [5, 5.41) is 6.29. The summed E-state index contributed by atoms with van der Waals surface area (Å²) in [6, 6.07) is 36.5. The van der Waals surface area contributed by atoms with Crippen LogP contribution in [0.1, 0.15) is 28.7 Å². The zero-order valence-corrected chi connectivity index (χ0v) is 26.7. The molecular weight excluding hydrogens is 590 g/mol. The Morgan fingerprint density at radius 3 is 2.06 bits per heavy atom. The molecule has 4 aromatic carbocycles. The molecule has 2 aliphatic rings. The average Bonchev–Trinajstić information content (AvgIpc) is 3.10. The molecule has 47 heavy (non-hydrogen) atoms. The number of rotatable bonds is 11. The SMILES string of the molecule is CN1CC(=O)N2C(Cc3ccc(OCc4ccccc4)cc3)C(=O)N(CCCc3ccccc3)CC2N1C(=O)NCc1ccccc1. The van der Waals surface area contributed by atoms with Gasteiger partial charge in [0.25, 0.3) is 0 Å². The first-order chi connectivity index (χ1) is 23.0. The van der Waals surface area contributed by atoms with Crippen LogP contribution in [0.25, 0.3) is 0 Å². The Kier molecular flexibility index (Phi) is 10.1. The van der Waals surface area contributed by atoms with E-state index < -0.39 is 12.2 Å². The van der Waals surface area contributed by atoms with Crippen molar-refractivity contribution in [3.05, 3.63) is 138 Å². The second-order valence-corrected chi connectivity index (χ2v) is 12.1. The van der Waals surface area contributed by atoms with Gasteiger partial charge in [-0.3, -0.25) is 9.59 Å². The lowest BCUT2D eigenvalue weighted by Crippen LogP contribution is -2.76. The molecule has 2 fully saturated rings. The first-order valence-corrected chi connectivity index (χ1v) is 16.2. The van der Waals surface area contributed by atoms with Crippen LogP contribution in [0.15, 0.2) is 115 Å². The number of hydrazine groups is 1. The Morgan fingerprint density at radius 2 is 1.40 bits per heavy atom. The van der Waals surface area contributed by atoms with Gasteiger partial charge in [0.2, 0.25) is 11.8 Å². The van der Waals surface area contributed by atoms with E-state index in [1.807, 2.05) is 108 Å². The minimum atomic E-state index is -0.743. The van der Waals surface area contributed by atoms with Crippen LogP contribution in [0.4, 0.5) is 4.79 Å². The number of hydrogen-bond acceptors (Lipinski definition) is 5. The molecule has 4 amide bonds. The number of amides is 4. The van der Waals surface area contributed by atoms with Gasteiger partial charge >= 0.3 is 6.03 Å². The second kappa shape index (κ2) is 15.0. The van der Waals surface area contributed by atoms with Crippen molar-refractivity contribution in [2.45, 2.75) is 44.6 Å². The fourth-order valence-electron chi connectivity index (χ4n) is 6.37. The van der Waals surface area contributed by atoms with E-state index in [4.69, 9.17) is 4.74 Å². The molecule has 0 aromatic heterocycles. The van der Waals surface area contributed by atoms with Crippen LogP contribution in [-0.4, -0.2) is 76.6 Å². The number of hydrogen-bond donors (Lipinski definition) is 1. The molecule has 4 aromatic rings. The molecule has 242 valence electrons. The van der Waals surface area contributed by atoms with Gasteiger partial charge < -0.3 is 19.9 Å². The third kappa shape index (κ3) is 7.81. The maximum absolute atomic E-state index is 14.1. The quantitative estimate of drug-likeness (QED) is 0.255. The number of carbonyl (C=O) groups is 3. The molecule has 2 atom stereocenters. The van der Waals surface area contributed by atoms with Crippen LogP contribution in [0.3, 0.4) is 0 Å².